The molecule has 0 atom stereocenters. The van der Waals surface area contributed by atoms with Crippen molar-refractivity contribution in [2.24, 2.45) is 0 Å². The van der Waals surface area contributed by atoms with Gasteiger partial charge >= 0.3 is 0 Å². The van der Waals surface area contributed by atoms with E-state index < -0.39 is 0 Å². The summed E-state index contributed by atoms with van der Waals surface area (Å²) in [7, 11) is 0. The molecular weight excluding hydrogens is 224 g/mol. The zero-order chi connectivity index (χ0) is 13.2. The number of nitrogens with zero attached hydrogens (tertiary/aromatic N) is 3. The standard InChI is InChI=1S/C14H20N4/c1-11-5-6-13(18-10-15-9-17-18)12(7-11)8-16-14(2,3)4/h5-7,9-10,16H,8H2,1-4H3. The number of hydrogen-bond acceptors (Lipinski definition) is 3. The van der Waals surface area contributed by atoms with Crippen LogP contribution in [0.1, 0.15) is 31.9 Å². The highest BCUT2D eigenvalue weighted by Gasteiger charge is 2.11. The summed E-state index contributed by atoms with van der Waals surface area (Å²) in [5.41, 5.74) is 3.67. The van der Waals surface area contributed by atoms with Crippen molar-refractivity contribution < 1.29 is 0 Å². The monoisotopic (exact) mass is 244 g/mol. The first-order chi connectivity index (χ1) is 8.46. The molecular formula is C14H20N4. The van der Waals surface area contributed by atoms with Crippen LogP contribution in [0, 0.1) is 6.92 Å². The van der Waals surface area contributed by atoms with Crippen molar-refractivity contribution in [1.82, 2.24) is 20.1 Å². The summed E-state index contributed by atoms with van der Waals surface area (Å²) in [4.78, 5) is 4.00. The fourth-order valence-corrected chi connectivity index (χ4v) is 1.77. The van der Waals surface area contributed by atoms with E-state index >= 15 is 0 Å². The first kappa shape index (κ1) is 12.8. The molecule has 0 aliphatic heterocycles. The third kappa shape index (κ3) is 3.17. The van der Waals surface area contributed by atoms with E-state index in [9.17, 15) is 0 Å². The predicted octanol–water partition coefficient (Wildman–Crippen LogP) is 2.46. The summed E-state index contributed by atoms with van der Waals surface area (Å²) in [5, 5.41) is 7.71. The molecule has 0 aliphatic carbocycles. The second-order valence-corrected chi connectivity index (χ2v) is 5.58. The molecule has 1 heterocycles. The van der Waals surface area contributed by atoms with E-state index in [1.807, 2.05) is 0 Å². The minimum atomic E-state index is 0.101. The number of aromatic nitrogens is 3. The van der Waals surface area contributed by atoms with Crippen molar-refractivity contribution in [3.8, 4) is 5.69 Å². The molecule has 1 aromatic carbocycles. The average Bonchev–Trinajstić information content (AvgIpc) is 2.79. The molecule has 0 bridgehead atoms. The average molecular weight is 244 g/mol. The fraction of sp³-hybridized carbons (Fsp3) is 0.429. The third-order valence-corrected chi connectivity index (χ3v) is 2.71. The normalized spacial score (nSPS) is 11.8. The Kier molecular flexibility index (Phi) is 3.48. The van der Waals surface area contributed by atoms with Gasteiger partial charge < -0.3 is 5.32 Å². The van der Waals surface area contributed by atoms with E-state index in [0.717, 1.165) is 12.2 Å². The van der Waals surface area contributed by atoms with Crippen LogP contribution in [-0.4, -0.2) is 20.3 Å². The minimum absolute atomic E-state index is 0.101. The molecule has 0 fully saturated rings. The fourth-order valence-electron chi connectivity index (χ4n) is 1.77. The van der Waals surface area contributed by atoms with Crippen molar-refractivity contribution >= 4 is 0 Å². The molecule has 1 aromatic heterocycles. The Bertz CT molecular complexity index is 509. The Labute approximate surface area is 108 Å². The summed E-state index contributed by atoms with van der Waals surface area (Å²) < 4.78 is 1.80. The van der Waals surface area contributed by atoms with Crippen molar-refractivity contribution in [2.75, 3.05) is 0 Å². The molecule has 0 aliphatic rings. The van der Waals surface area contributed by atoms with E-state index in [4.69, 9.17) is 0 Å². The van der Waals surface area contributed by atoms with Crippen LogP contribution in [0.3, 0.4) is 0 Å². The van der Waals surface area contributed by atoms with Gasteiger partial charge in [0.2, 0.25) is 0 Å². The number of hydrogen-bond donors (Lipinski definition) is 1. The van der Waals surface area contributed by atoms with Crippen LogP contribution in [0.5, 0.6) is 0 Å². The lowest BCUT2D eigenvalue weighted by Gasteiger charge is -2.21. The van der Waals surface area contributed by atoms with E-state index in [1.165, 1.54) is 11.1 Å². The molecule has 0 amide bonds. The highest BCUT2D eigenvalue weighted by Crippen LogP contribution is 2.16. The van der Waals surface area contributed by atoms with Gasteiger partial charge in [-0.1, -0.05) is 17.7 Å². The summed E-state index contributed by atoms with van der Waals surface area (Å²) in [6, 6.07) is 6.37. The molecule has 18 heavy (non-hydrogen) atoms. The lowest BCUT2D eigenvalue weighted by atomic mass is 10.1. The maximum Gasteiger partial charge on any atom is 0.138 e. The molecule has 2 rings (SSSR count). The minimum Gasteiger partial charge on any atom is -0.308 e. The first-order valence-corrected chi connectivity index (χ1v) is 6.15. The SMILES string of the molecule is Cc1ccc(-n2cncn2)c(CNC(C)(C)C)c1. The molecule has 4 nitrogen and oxygen atoms in total. The summed E-state index contributed by atoms with van der Waals surface area (Å²) in [6.45, 7) is 9.42. The van der Waals surface area contributed by atoms with Gasteiger partial charge in [0.25, 0.3) is 0 Å². The van der Waals surface area contributed by atoms with E-state index in [2.05, 4.69) is 61.3 Å². The van der Waals surface area contributed by atoms with Crippen LogP contribution in [-0.2, 0) is 6.54 Å². The van der Waals surface area contributed by atoms with Crippen LogP contribution in [0.2, 0.25) is 0 Å². The predicted molar refractivity (Wildman–Crippen MR) is 72.7 cm³/mol. The number of nitrogens with one attached hydrogen (secondary N) is 1. The van der Waals surface area contributed by atoms with Crippen LogP contribution in [0.25, 0.3) is 5.69 Å². The second kappa shape index (κ2) is 4.90. The summed E-state index contributed by atoms with van der Waals surface area (Å²) in [6.07, 6.45) is 3.28. The van der Waals surface area contributed by atoms with Gasteiger partial charge in [0.05, 0.1) is 5.69 Å². The van der Waals surface area contributed by atoms with Crippen molar-refractivity contribution in [2.45, 2.75) is 39.8 Å². The Morgan fingerprint density at radius 3 is 2.67 bits per heavy atom. The Morgan fingerprint density at radius 2 is 2.06 bits per heavy atom. The van der Waals surface area contributed by atoms with Gasteiger partial charge in [-0.3, -0.25) is 0 Å². The Hall–Kier alpha value is -1.68. The molecule has 0 saturated carbocycles. The molecule has 4 heteroatoms. The van der Waals surface area contributed by atoms with Crippen molar-refractivity contribution in [3.05, 3.63) is 42.0 Å². The van der Waals surface area contributed by atoms with E-state index in [0.29, 0.717) is 0 Å². The van der Waals surface area contributed by atoms with Gasteiger partial charge in [-0.05, 0) is 39.3 Å². The van der Waals surface area contributed by atoms with Crippen molar-refractivity contribution in [3.63, 3.8) is 0 Å². The van der Waals surface area contributed by atoms with Crippen LogP contribution >= 0.6 is 0 Å². The maximum atomic E-state index is 4.20. The number of aryl methyl sites for hydroxylation is 1. The molecule has 1 N–H and O–H groups in total. The largest absolute Gasteiger partial charge is 0.308 e. The highest BCUT2D eigenvalue weighted by molar-refractivity contribution is 5.42. The van der Waals surface area contributed by atoms with Crippen LogP contribution < -0.4 is 5.32 Å². The van der Waals surface area contributed by atoms with Crippen molar-refractivity contribution in [1.29, 1.82) is 0 Å². The summed E-state index contributed by atoms with van der Waals surface area (Å²) >= 11 is 0. The quantitative estimate of drug-likeness (QED) is 0.902. The topological polar surface area (TPSA) is 42.7 Å². The van der Waals surface area contributed by atoms with Gasteiger partial charge in [-0.2, -0.15) is 5.10 Å². The smallest absolute Gasteiger partial charge is 0.138 e. The number of benzene rings is 1. The molecule has 0 saturated heterocycles. The molecule has 0 radical (unpaired) electrons. The summed E-state index contributed by atoms with van der Waals surface area (Å²) in [5.74, 6) is 0. The Morgan fingerprint density at radius 1 is 1.28 bits per heavy atom. The maximum absolute atomic E-state index is 4.20. The zero-order valence-electron chi connectivity index (χ0n) is 11.4. The van der Waals surface area contributed by atoms with Gasteiger partial charge in [0.1, 0.15) is 12.7 Å². The van der Waals surface area contributed by atoms with E-state index in [-0.39, 0.29) is 5.54 Å². The van der Waals surface area contributed by atoms with Gasteiger partial charge in [0.15, 0.2) is 0 Å². The first-order valence-electron chi connectivity index (χ1n) is 6.15. The highest BCUT2D eigenvalue weighted by atomic mass is 15.3. The molecule has 0 spiro atoms. The molecule has 0 unspecified atom stereocenters. The molecule has 2 aromatic rings. The van der Waals surface area contributed by atoms with Gasteiger partial charge in [-0.15, -0.1) is 0 Å². The van der Waals surface area contributed by atoms with Gasteiger partial charge in [0, 0.05) is 12.1 Å². The van der Waals surface area contributed by atoms with E-state index in [1.54, 1.807) is 17.3 Å². The van der Waals surface area contributed by atoms with Gasteiger partial charge in [-0.25, -0.2) is 9.67 Å². The van der Waals surface area contributed by atoms with Crippen LogP contribution in [0.15, 0.2) is 30.9 Å². The lowest BCUT2D eigenvalue weighted by molar-refractivity contribution is 0.423. The molecule has 96 valence electrons. The Balaban J connectivity index is 2.30. The van der Waals surface area contributed by atoms with Crippen LogP contribution in [0.4, 0.5) is 0 Å². The zero-order valence-corrected chi connectivity index (χ0v) is 11.4. The number of rotatable bonds is 3. The third-order valence-electron chi connectivity index (χ3n) is 2.71. The lowest BCUT2D eigenvalue weighted by Crippen LogP contribution is -2.35. The second-order valence-electron chi connectivity index (χ2n) is 5.58.